The Morgan fingerprint density at radius 2 is 1.93 bits per heavy atom. The van der Waals surface area contributed by atoms with Gasteiger partial charge in [-0.3, -0.25) is 15.0 Å². The van der Waals surface area contributed by atoms with Gasteiger partial charge in [-0.2, -0.15) is 5.10 Å². The molecular weight excluding hydrogens is 358 g/mol. The third-order valence-electron chi connectivity index (χ3n) is 4.90. The summed E-state index contributed by atoms with van der Waals surface area (Å²) in [4.78, 5) is 39.1. The van der Waals surface area contributed by atoms with Crippen LogP contribution in [-0.2, 0) is 25.7 Å². The van der Waals surface area contributed by atoms with Crippen molar-refractivity contribution in [3.8, 4) is 0 Å². The standard InChI is InChI=1S/C21H19N3O4/c1-14-6-5-9-16(10-14)24-18(25)12-21(20(24)27)11-17(22-23-21)19(26)28-13-15-7-3-2-4-8-15/h2-10,23H,11-13H2,1H3/t21-/m1/s1. The van der Waals surface area contributed by atoms with E-state index in [-0.39, 0.29) is 31.1 Å². The highest BCUT2D eigenvalue weighted by Gasteiger charge is 2.56. The van der Waals surface area contributed by atoms with Gasteiger partial charge in [-0.25, -0.2) is 9.69 Å². The number of hydrogen-bond donors (Lipinski definition) is 1. The zero-order valence-corrected chi connectivity index (χ0v) is 15.3. The van der Waals surface area contributed by atoms with Gasteiger partial charge in [0.15, 0.2) is 0 Å². The van der Waals surface area contributed by atoms with Crippen molar-refractivity contribution < 1.29 is 19.1 Å². The highest BCUT2D eigenvalue weighted by molar-refractivity contribution is 6.39. The monoisotopic (exact) mass is 377 g/mol. The Hall–Kier alpha value is -3.48. The number of anilines is 1. The summed E-state index contributed by atoms with van der Waals surface area (Å²) in [5.41, 5.74) is 3.95. The first kappa shape index (κ1) is 17.9. The summed E-state index contributed by atoms with van der Waals surface area (Å²) in [6, 6.07) is 16.5. The van der Waals surface area contributed by atoms with Crippen LogP contribution in [-0.4, -0.2) is 29.0 Å². The quantitative estimate of drug-likeness (QED) is 0.651. The zero-order valence-electron chi connectivity index (χ0n) is 15.3. The summed E-state index contributed by atoms with van der Waals surface area (Å²) in [5.74, 6) is -1.32. The first-order chi connectivity index (χ1) is 13.5. The second kappa shape index (κ2) is 6.92. The maximum absolute atomic E-state index is 13.0. The molecule has 1 fully saturated rings. The molecule has 0 unspecified atom stereocenters. The minimum atomic E-state index is -1.22. The lowest BCUT2D eigenvalue weighted by Gasteiger charge is -2.21. The predicted molar refractivity (Wildman–Crippen MR) is 102 cm³/mol. The molecule has 2 aliphatic heterocycles. The van der Waals surface area contributed by atoms with Crippen molar-refractivity contribution >= 4 is 29.2 Å². The van der Waals surface area contributed by atoms with Crippen LogP contribution in [0.2, 0.25) is 0 Å². The van der Waals surface area contributed by atoms with E-state index in [1.165, 1.54) is 0 Å². The van der Waals surface area contributed by atoms with Gasteiger partial charge in [0.2, 0.25) is 5.91 Å². The van der Waals surface area contributed by atoms with Crippen molar-refractivity contribution in [1.82, 2.24) is 5.43 Å². The summed E-state index contributed by atoms with van der Waals surface area (Å²) in [6.07, 6.45) is -0.0355. The van der Waals surface area contributed by atoms with Crippen LogP contribution in [0.3, 0.4) is 0 Å². The molecule has 2 heterocycles. The van der Waals surface area contributed by atoms with E-state index in [2.05, 4.69) is 10.5 Å². The van der Waals surface area contributed by atoms with E-state index < -0.39 is 17.4 Å². The fourth-order valence-corrected chi connectivity index (χ4v) is 3.46. The van der Waals surface area contributed by atoms with Crippen molar-refractivity contribution in [3.05, 3.63) is 65.7 Å². The van der Waals surface area contributed by atoms with Crippen molar-refractivity contribution in [2.24, 2.45) is 5.10 Å². The number of benzene rings is 2. The molecule has 1 atom stereocenters. The topological polar surface area (TPSA) is 88.1 Å². The molecule has 0 radical (unpaired) electrons. The van der Waals surface area contributed by atoms with E-state index >= 15 is 0 Å². The van der Waals surface area contributed by atoms with E-state index in [0.29, 0.717) is 5.69 Å². The Kier molecular flexibility index (Phi) is 4.43. The maximum atomic E-state index is 13.0. The fourth-order valence-electron chi connectivity index (χ4n) is 3.46. The Morgan fingerprint density at radius 3 is 2.68 bits per heavy atom. The van der Waals surface area contributed by atoms with E-state index in [1.54, 1.807) is 18.2 Å². The van der Waals surface area contributed by atoms with E-state index in [0.717, 1.165) is 16.0 Å². The molecule has 1 spiro atoms. The maximum Gasteiger partial charge on any atom is 0.354 e. The van der Waals surface area contributed by atoms with Gasteiger partial charge in [0.05, 0.1) is 12.1 Å². The van der Waals surface area contributed by atoms with Crippen molar-refractivity contribution in [2.75, 3.05) is 4.90 Å². The van der Waals surface area contributed by atoms with Gasteiger partial charge < -0.3 is 4.74 Å². The highest BCUT2D eigenvalue weighted by atomic mass is 16.5. The molecule has 2 amide bonds. The largest absolute Gasteiger partial charge is 0.456 e. The van der Waals surface area contributed by atoms with Gasteiger partial charge in [-0.05, 0) is 30.2 Å². The molecule has 0 bridgehead atoms. The van der Waals surface area contributed by atoms with Crippen LogP contribution in [0.25, 0.3) is 0 Å². The minimum Gasteiger partial charge on any atom is -0.456 e. The van der Waals surface area contributed by atoms with Crippen LogP contribution in [0.1, 0.15) is 24.0 Å². The van der Waals surface area contributed by atoms with Gasteiger partial charge in [0, 0.05) is 6.42 Å². The molecule has 4 rings (SSSR count). The third kappa shape index (κ3) is 3.15. The number of nitrogens with zero attached hydrogens (tertiary/aromatic N) is 2. The van der Waals surface area contributed by atoms with Gasteiger partial charge in [0.1, 0.15) is 17.9 Å². The van der Waals surface area contributed by atoms with Crippen LogP contribution in [0.15, 0.2) is 59.7 Å². The number of amides is 2. The number of ether oxygens (including phenoxy) is 1. The van der Waals surface area contributed by atoms with Crippen LogP contribution in [0.5, 0.6) is 0 Å². The average Bonchev–Trinajstić information content (AvgIpc) is 3.22. The second-order valence-corrected chi connectivity index (χ2v) is 7.04. The number of hydrazone groups is 1. The van der Waals surface area contributed by atoms with E-state index in [9.17, 15) is 14.4 Å². The number of nitrogens with one attached hydrogen (secondary N) is 1. The number of carbonyl (C=O) groups is 3. The molecule has 2 aromatic rings. The van der Waals surface area contributed by atoms with Gasteiger partial charge in [-0.15, -0.1) is 0 Å². The zero-order chi connectivity index (χ0) is 19.7. The summed E-state index contributed by atoms with van der Waals surface area (Å²) in [6.45, 7) is 2.01. The lowest BCUT2D eigenvalue weighted by molar-refractivity contribution is -0.136. The highest BCUT2D eigenvalue weighted by Crippen LogP contribution is 2.34. The molecular formula is C21H19N3O4. The van der Waals surface area contributed by atoms with Crippen LogP contribution < -0.4 is 10.3 Å². The molecule has 7 nitrogen and oxygen atoms in total. The summed E-state index contributed by atoms with van der Waals surface area (Å²) in [7, 11) is 0. The molecule has 0 aromatic heterocycles. The number of imide groups is 1. The predicted octanol–water partition coefficient (Wildman–Crippen LogP) is 2.09. The Balaban J connectivity index is 1.45. The summed E-state index contributed by atoms with van der Waals surface area (Å²) in [5, 5.41) is 4.01. The smallest absolute Gasteiger partial charge is 0.354 e. The Labute approximate surface area is 162 Å². The van der Waals surface area contributed by atoms with Gasteiger partial charge in [-0.1, -0.05) is 42.5 Å². The van der Waals surface area contributed by atoms with E-state index in [1.807, 2.05) is 43.3 Å². The SMILES string of the molecule is Cc1cccc(N2C(=O)C[C@]3(CC(C(=O)OCc4ccccc4)=NN3)C2=O)c1. The lowest BCUT2D eigenvalue weighted by atomic mass is 9.93. The average molecular weight is 377 g/mol. The molecule has 28 heavy (non-hydrogen) atoms. The number of rotatable bonds is 4. The molecule has 7 heteroatoms. The van der Waals surface area contributed by atoms with Gasteiger partial charge >= 0.3 is 5.97 Å². The Morgan fingerprint density at radius 1 is 1.14 bits per heavy atom. The summed E-state index contributed by atoms with van der Waals surface area (Å²) < 4.78 is 5.28. The third-order valence-corrected chi connectivity index (χ3v) is 4.90. The van der Waals surface area contributed by atoms with Crippen LogP contribution >= 0.6 is 0 Å². The minimum absolute atomic E-state index is 0.0213. The molecule has 0 aliphatic carbocycles. The number of hydrogen-bond acceptors (Lipinski definition) is 6. The first-order valence-corrected chi connectivity index (χ1v) is 8.97. The number of aryl methyl sites for hydroxylation is 1. The molecule has 2 aromatic carbocycles. The normalized spacial score (nSPS) is 21.0. The van der Waals surface area contributed by atoms with Crippen LogP contribution in [0, 0.1) is 6.92 Å². The molecule has 1 N–H and O–H groups in total. The number of esters is 1. The Bertz CT molecular complexity index is 986. The van der Waals surface area contributed by atoms with Crippen molar-refractivity contribution in [1.29, 1.82) is 0 Å². The van der Waals surface area contributed by atoms with Crippen molar-refractivity contribution in [2.45, 2.75) is 31.9 Å². The first-order valence-electron chi connectivity index (χ1n) is 8.97. The van der Waals surface area contributed by atoms with Crippen molar-refractivity contribution in [3.63, 3.8) is 0 Å². The van der Waals surface area contributed by atoms with Gasteiger partial charge in [0.25, 0.3) is 5.91 Å². The summed E-state index contributed by atoms with van der Waals surface area (Å²) >= 11 is 0. The second-order valence-electron chi connectivity index (χ2n) is 7.04. The van der Waals surface area contributed by atoms with Crippen LogP contribution in [0.4, 0.5) is 5.69 Å². The number of carbonyl (C=O) groups excluding carboxylic acids is 3. The lowest BCUT2D eigenvalue weighted by Crippen LogP contribution is -2.47. The van der Waals surface area contributed by atoms with E-state index in [4.69, 9.17) is 4.74 Å². The molecule has 2 aliphatic rings. The molecule has 1 saturated heterocycles. The molecule has 142 valence electrons. The molecule has 0 saturated carbocycles. The fraction of sp³-hybridized carbons (Fsp3) is 0.238.